The van der Waals surface area contributed by atoms with Crippen LogP contribution in [0, 0.1) is 12.3 Å². The summed E-state index contributed by atoms with van der Waals surface area (Å²) in [5.41, 5.74) is 1.51. The van der Waals surface area contributed by atoms with E-state index in [1.54, 1.807) is 0 Å². The lowest BCUT2D eigenvalue weighted by Gasteiger charge is -2.24. The van der Waals surface area contributed by atoms with Gasteiger partial charge in [-0.1, -0.05) is 25.1 Å². The molecule has 0 spiro atoms. The Bertz CT molecular complexity index is 421. The van der Waals surface area contributed by atoms with E-state index >= 15 is 0 Å². The molecule has 1 nitrogen and oxygen atoms in total. The molecule has 1 heterocycles. The lowest BCUT2D eigenvalue weighted by Crippen LogP contribution is -2.35. The van der Waals surface area contributed by atoms with Crippen molar-refractivity contribution < 1.29 is 0 Å². The zero-order chi connectivity index (χ0) is 12.8. The summed E-state index contributed by atoms with van der Waals surface area (Å²) in [5.74, 6) is 4.58. The summed E-state index contributed by atoms with van der Waals surface area (Å²) < 4.78 is 0. The molecule has 0 saturated heterocycles. The van der Waals surface area contributed by atoms with Crippen LogP contribution in [0.5, 0.6) is 0 Å². The van der Waals surface area contributed by atoms with Crippen LogP contribution in [0.2, 0.25) is 0 Å². The predicted octanol–water partition coefficient (Wildman–Crippen LogP) is 3.66. The highest BCUT2D eigenvalue weighted by Crippen LogP contribution is 2.41. The molecule has 18 heavy (non-hydrogen) atoms. The molecule has 2 rings (SSSR count). The largest absolute Gasteiger partial charge is 0.313 e. The Labute approximate surface area is 115 Å². The molecule has 0 bridgehead atoms. The summed E-state index contributed by atoms with van der Waals surface area (Å²) in [4.78, 5) is 1.45. The van der Waals surface area contributed by atoms with Crippen molar-refractivity contribution in [3.8, 4) is 12.3 Å². The SMILES string of the molecule is C#CCCC(NCCC)C1CSc2ccccc21. The first-order chi connectivity index (χ1) is 8.86. The summed E-state index contributed by atoms with van der Waals surface area (Å²) in [5, 5.41) is 3.68. The summed E-state index contributed by atoms with van der Waals surface area (Å²) in [7, 11) is 0. The average molecular weight is 259 g/mol. The fourth-order valence-corrected chi connectivity index (χ4v) is 3.87. The second-order valence-electron chi connectivity index (χ2n) is 4.76. The van der Waals surface area contributed by atoms with Crippen LogP contribution in [0.3, 0.4) is 0 Å². The van der Waals surface area contributed by atoms with Crippen molar-refractivity contribution in [3.05, 3.63) is 29.8 Å². The Morgan fingerprint density at radius 1 is 1.50 bits per heavy atom. The number of hydrogen-bond donors (Lipinski definition) is 1. The fourth-order valence-electron chi connectivity index (χ4n) is 2.53. The Morgan fingerprint density at radius 3 is 3.11 bits per heavy atom. The van der Waals surface area contributed by atoms with Gasteiger partial charge in [-0.3, -0.25) is 0 Å². The third kappa shape index (κ3) is 3.10. The van der Waals surface area contributed by atoms with Crippen molar-refractivity contribution in [2.45, 2.75) is 43.0 Å². The van der Waals surface area contributed by atoms with Crippen molar-refractivity contribution in [1.82, 2.24) is 5.32 Å². The maximum atomic E-state index is 5.42. The quantitative estimate of drug-likeness (QED) is 0.783. The Balaban J connectivity index is 2.09. The van der Waals surface area contributed by atoms with Gasteiger partial charge in [0.1, 0.15) is 0 Å². The van der Waals surface area contributed by atoms with E-state index in [1.165, 1.54) is 22.6 Å². The molecule has 0 saturated carbocycles. The smallest absolute Gasteiger partial charge is 0.0153 e. The normalized spacial score (nSPS) is 19.2. The van der Waals surface area contributed by atoms with Gasteiger partial charge in [0.05, 0.1) is 0 Å². The van der Waals surface area contributed by atoms with Gasteiger partial charge in [0.15, 0.2) is 0 Å². The van der Waals surface area contributed by atoms with E-state index in [0.29, 0.717) is 12.0 Å². The molecule has 1 aliphatic heterocycles. The van der Waals surface area contributed by atoms with E-state index in [1.807, 2.05) is 11.8 Å². The van der Waals surface area contributed by atoms with Gasteiger partial charge in [0, 0.05) is 29.0 Å². The molecule has 96 valence electrons. The predicted molar refractivity (Wildman–Crippen MR) is 80.1 cm³/mol. The van der Waals surface area contributed by atoms with Crippen molar-refractivity contribution in [2.75, 3.05) is 12.3 Å². The van der Waals surface area contributed by atoms with Crippen LogP contribution in [0.4, 0.5) is 0 Å². The highest BCUT2D eigenvalue weighted by molar-refractivity contribution is 7.99. The maximum absolute atomic E-state index is 5.42. The molecule has 2 unspecified atom stereocenters. The van der Waals surface area contributed by atoms with Crippen LogP contribution in [0.1, 0.15) is 37.7 Å². The van der Waals surface area contributed by atoms with Gasteiger partial charge >= 0.3 is 0 Å². The third-order valence-corrected chi connectivity index (χ3v) is 4.69. The van der Waals surface area contributed by atoms with Gasteiger partial charge in [-0.25, -0.2) is 0 Å². The number of fused-ring (bicyclic) bond motifs is 1. The second-order valence-corrected chi connectivity index (χ2v) is 5.82. The van der Waals surface area contributed by atoms with E-state index < -0.39 is 0 Å². The molecule has 1 aromatic rings. The highest BCUT2D eigenvalue weighted by atomic mass is 32.2. The molecule has 0 aliphatic carbocycles. The van der Waals surface area contributed by atoms with Crippen molar-refractivity contribution in [1.29, 1.82) is 0 Å². The van der Waals surface area contributed by atoms with Gasteiger partial charge in [-0.2, -0.15) is 0 Å². The van der Waals surface area contributed by atoms with Crippen LogP contribution >= 0.6 is 11.8 Å². The molecular formula is C16H21NS. The highest BCUT2D eigenvalue weighted by Gasteiger charge is 2.29. The molecule has 1 N–H and O–H groups in total. The van der Waals surface area contributed by atoms with Crippen LogP contribution in [0.15, 0.2) is 29.2 Å². The van der Waals surface area contributed by atoms with Gasteiger partial charge in [-0.05, 0) is 31.0 Å². The van der Waals surface area contributed by atoms with Gasteiger partial charge < -0.3 is 5.32 Å². The molecule has 1 aliphatic rings. The number of benzene rings is 1. The minimum absolute atomic E-state index is 0.525. The minimum atomic E-state index is 0.525. The zero-order valence-corrected chi connectivity index (χ0v) is 11.8. The first-order valence-corrected chi connectivity index (χ1v) is 7.74. The van der Waals surface area contributed by atoms with Gasteiger partial charge in [0.2, 0.25) is 0 Å². The maximum Gasteiger partial charge on any atom is 0.0153 e. The monoisotopic (exact) mass is 259 g/mol. The average Bonchev–Trinajstić information content (AvgIpc) is 2.83. The number of nitrogens with one attached hydrogen (secondary N) is 1. The molecule has 0 amide bonds. The summed E-state index contributed by atoms with van der Waals surface area (Å²) in [6, 6.07) is 9.31. The first-order valence-electron chi connectivity index (χ1n) is 6.75. The van der Waals surface area contributed by atoms with E-state index in [4.69, 9.17) is 6.42 Å². The third-order valence-electron chi connectivity index (χ3n) is 3.48. The molecule has 2 atom stereocenters. The Morgan fingerprint density at radius 2 is 2.33 bits per heavy atom. The number of thioether (sulfide) groups is 1. The lowest BCUT2D eigenvalue weighted by atomic mass is 9.90. The fraction of sp³-hybridized carbons (Fsp3) is 0.500. The first kappa shape index (κ1) is 13.5. The van der Waals surface area contributed by atoms with E-state index in [9.17, 15) is 0 Å². The second kappa shape index (κ2) is 6.87. The zero-order valence-electron chi connectivity index (χ0n) is 11.0. The van der Waals surface area contributed by atoms with Crippen molar-refractivity contribution >= 4 is 11.8 Å². The van der Waals surface area contributed by atoms with Crippen molar-refractivity contribution in [2.24, 2.45) is 0 Å². The molecule has 0 radical (unpaired) electrons. The molecule has 0 aromatic heterocycles. The molecule has 0 fully saturated rings. The van der Waals surface area contributed by atoms with Gasteiger partial charge in [0.25, 0.3) is 0 Å². The Hall–Kier alpha value is -0.910. The summed E-state index contributed by atoms with van der Waals surface area (Å²) in [6.07, 6.45) is 8.54. The Kier molecular flexibility index (Phi) is 5.16. The van der Waals surface area contributed by atoms with E-state index in [-0.39, 0.29) is 0 Å². The van der Waals surface area contributed by atoms with E-state index in [2.05, 4.69) is 42.4 Å². The summed E-state index contributed by atoms with van der Waals surface area (Å²) >= 11 is 1.98. The van der Waals surface area contributed by atoms with Gasteiger partial charge in [-0.15, -0.1) is 24.1 Å². The van der Waals surface area contributed by atoms with Crippen molar-refractivity contribution in [3.63, 3.8) is 0 Å². The lowest BCUT2D eigenvalue weighted by molar-refractivity contribution is 0.433. The van der Waals surface area contributed by atoms with E-state index in [0.717, 1.165) is 19.4 Å². The molecule has 1 aromatic carbocycles. The minimum Gasteiger partial charge on any atom is -0.313 e. The van der Waals surface area contributed by atoms with Crippen LogP contribution < -0.4 is 5.32 Å². The number of hydrogen-bond acceptors (Lipinski definition) is 2. The molecular weight excluding hydrogens is 238 g/mol. The van der Waals surface area contributed by atoms with Crippen LogP contribution in [-0.4, -0.2) is 18.3 Å². The standard InChI is InChI=1S/C16H21NS/c1-3-5-9-15(17-11-4-2)14-12-18-16-10-7-6-8-13(14)16/h1,6-8,10,14-15,17H,4-5,9,11-12H2,2H3. The molecule has 2 heteroatoms. The number of terminal acetylenes is 1. The topological polar surface area (TPSA) is 12.0 Å². The summed E-state index contributed by atoms with van der Waals surface area (Å²) in [6.45, 7) is 3.29. The van der Waals surface area contributed by atoms with Crippen LogP contribution in [0.25, 0.3) is 0 Å². The number of rotatable bonds is 6. The van der Waals surface area contributed by atoms with Crippen LogP contribution in [-0.2, 0) is 0 Å².